The zero-order chi connectivity index (χ0) is 36.0. The van der Waals surface area contributed by atoms with Crippen LogP contribution in [0.5, 0.6) is 0 Å². The van der Waals surface area contributed by atoms with Gasteiger partial charge in [0.25, 0.3) is 0 Å². The number of esters is 3. The summed E-state index contributed by atoms with van der Waals surface area (Å²) in [4.78, 5) is 53.6. The molecule has 1 aliphatic heterocycles. The summed E-state index contributed by atoms with van der Waals surface area (Å²) in [6.07, 6.45) is -3.32. The maximum atomic E-state index is 13.6. The van der Waals surface area contributed by atoms with Gasteiger partial charge in [0, 0.05) is 10.1 Å². The van der Waals surface area contributed by atoms with Gasteiger partial charge in [0.2, 0.25) is 5.28 Å². The highest BCUT2D eigenvalue weighted by atomic mass is 127. The predicted octanol–water partition coefficient (Wildman–Crippen LogP) is 6.90. The number of nitrogens with one attached hydrogen (secondary N) is 1. The first-order valence-electron chi connectivity index (χ1n) is 16.1. The number of anilines is 1. The molecule has 1 saturated heterocycles. The number of halogens is 2. The van der Waals surface area contributed by atoms with Gasteiger partial charge in [-0.25, -0.2) is 19.4 Å². The molecule has 0 amide bonds. The van der Waals surface area contributed by atoms with Crippen molar-refractivity contribution in [3.8, 4) is 0 Å². The van der Waals surface area contributed by atoms with Gasteiger partial charge in [-0.1, -0.05) is 66.7 Å². The quantitative estimate of drug-likeness (QED) is 0.0631. The van der Waals surface area contributed by atoms with Gasteiger partial charge in [-0.3, -0.25) is 4.57 Å². The van der Waals surface area contributed by atoms with E-state index in [0.717, 1.165) is 9.13 Å². The molecule has 14 heteroatoms. The lowest BCUT2D eigenvalue weighted by atomic mass is 10.1. The average Bonchev–Trinajstić information content (AvgIpc) is 3.74. The van der Waals surface area contributed by atoms with Crippen LogP contribution in [0.1, 0.15) is 42.9 Å². The van der Waals surface area contributed by atoms with Gasteiger partial charge in [0.15, 0.2) is 35.4 Å². The van der Waals surface area contributed by atoms with E-state index in [0.29, 0.717) is 23.4 Å². The number of nitrogens with zero attached hydrogens (tertiary/aromatic N) is 4. The predicted molar refractivity (Wildman–Crippen MR) is 199 cm³/mol. The van der Waals surface area contributed by atoms with Gasteiger partial charge in [-0.2, -0.15) is 9.97 Å². The summed E-state index contributed by atoms with van der Waals surface area (Å²) >= 11 is 8.69. The van der Waals surface area contributed by atoms with Crippen LogP contribution in [0.15, 0.2) is 122 Å². The number of ether oxygens (including phenoxy) is 4. The van der Waals surface area contributed by atoms with E-state index in [-0.39, 0.29) is 28.7 Å². The lowest BCUT2D eigenvalue weighted by molar-refractivity contribution is -0.0606. The summed E-state index contributed by atoms with van der Waals surface area (Å²) in [6, 6.07) is 33.1. The van der Waals surface area contributed by atoms with E-state index in [9.17, 15) is 14.4 Å². The molecular formula is C38H29ClIN5O7. The number of imidazole rings is 1. The SMILES string of the molecule is O=C(OC[C@H]1O[C@@H](n2cnc3c(NCc4cccc(I)c4)nc(Cl)nc32)[C@@H](OC(=O)c2ccccc2)[C@H]1OC(=O)c1ccccc1)c1ccccc1. The molecular weight excluding hydrogens is 801 g/mol. The van der Waals surface area contributed by atoms with E-state index in [4.69, 9.17) is 30.5 Å². The molecule has 3 heterocycles. The van der Waals surface area contributed by atoms with Crippen LogP contribution in [-0.2, 0) is 25.5 Å². The average molecular weight is 830 g/mol. The van der Waals surface area contributed by atoms with Crippen LogP contribution in [0.3, 0.4) is 0 Å². The van der Waals surface area contributed by atoms with Crippen molar-refractivity contribution in [2.45, 2.75) is 31.1 Å². The number of carbonyl (C=O) groups is 3. The topological polar surface area (TPSA) is 144 Å². The molecule has 7 rings (SSSR count). The van der Waals surface area contributed by atoms with Crippen molar-refractivity contribution in [2.24, 2.45) is 0 Å². The molecule has 1 fully saturated rings. The number of rotatable bonds is 11. The highest BCUT2D eigenvalue weighted by Gasteiger charge is 2.52. The standard InChI is InChI=1S/C38H29ClIN5O7/c39-38-43-32(41-20-23-11-10-18-27(40)19-23)29-33(44-38)45(22-42-29)34-31(52-37(48)26-16-8-3-9-17-26)30(51-36(47)25-14-6-2-7-15-25)28(50-34)21-49-35(46)24-12-4-1-5-13-24/h1-19,22,28,30-31,34H,20-21H2,(H,41,43,44)/t28-,30+,31+,34-/m1/s1. The Labute approximate surface area is 316 Å². The van der Waals surface area contributed by atoms with Crippen LogP contribution < -0.4 is 5.32 Å². The van der Waals surface area contributed by atoms with Gasteiger partial charge in [0.05, 0.1) is 23.0 Å². The minimum absolute atomic E-state index is 0.0735. The zero-order valence-corrected chi connectivity index (χ0v) is 30.1. The van der Waals surface area contributed by atoms with Crippen LogP contribution >= 0.6 is 34.2 Å². The van der Waals surface area contributed by atoms with E-state index in [1.807, 2.05) is 24.3 Å². The van der Waals surface area contributed by atoms with Crippen LogP contribution in [0, 0.1) is 3.57 Å². The normalized spacial score (nSPS) is 18.1. The third kappa shape index (κ3) is 7.91. The van der Waals surface area contributed by atoms with E-state index >= 15 is 0 Å². The first-order chi connectivity index (χ1) is 25.3. The third-order valence-electron chi connectivity index (χ3n) is 8.20. The number of benzene rings is 4. The Kier molecular flexibility index (Phi) is 10.7. The van der Waals surface area contributed by atoms with Gasteiger partial charge >= 0.3 is 17.9 Å². The third-order valence-corrected chi connectivity index (χ3v) is 9.04. The molecule has 6 aromatic rings. The second kappa shape index (κ2) is 15.9. The largest absolute Gasteiger partial charge is 0.459 e. The number of hydrogen-bond donors (Lipinski definition) is 1. The van der Waals surface area contributed by atoms with Crippen molar-refractivity contribution < 1.29 is 33.3 Å². The van der Waals surface area contributed by atoms with Crippen molar-refractivity contribution in [1.29, 1.82) is 0 Å². The van der Waals surface area contributed by atoms with Gasteiger partial charge in [0.1, 0.15) is 12.7 Å². The van der Waals surface area contributed by atoms with Crippen LogP contribution in [-0.4, -0.2) is 62.3 Å². The molecule has 0 radical (unpaired) electrons. The molecule has 12 nitrogen and oxygen atoms in total. The van der Waals surface area contributed by atoms with Crippen molar-refractivity contribution in [3.05, 3.63) is 153 Å². The van der Waals surface area contributed by atoms with E-state index in [2.05, 4.69) is 42.9 Å². The molecule has 1 N–H and O–H groups in total. The Morgan fingerprint density at radius 1 is 0.769 bits per heavy atom. The molecule has 0 spiro atoms. The first kappa shape index (κ1) is 35.0. The molecule has 4 atom stereocenters. The summed E-state index contributed by atoms with van der Waals surface area (Å²) in [5.74, 6) is -1.64. The molecule has 0 aliphatic carbocycles. The van der Waals surface area contributed by atoms with Crippen LogP contribution in [0.4, 0.5) is 5.82 Å². The van der Waals surface area contributed by atoms with Crippen molar-refractivity contribution >= 4 is 69.1 Å². The molecule has 2 aromatic heterocycles. The second-order valence-corrected chi connectivity index (χ2v) is 13.2. The summed E-state index contributed by atoms with van der Waals surface area (Å²) in [6.45, 7) is 0.0805. The summed E-state index contributed by atoms with van der Waals surface area (Å²) in [7, 11) is 0. The summed E-state index contributed by atoms with van der Waals surface area (Å²) in [5.41, 5.74) is 2.47. The molecule has 262 valence electrons. The lowest BCUT2D eigenvalue weighted by Gasteiger charge is -2.25. The van der Waals surface area contributed by atoms with Crippen LogP contribution in [0.25, 0.3) is 11.2 Å². The number of carbonyl (C=O) groups excluding carboxylic acids is 3. The molecule has 4 aromatic carbocycles. The minimum Gasteiger partial charge on any atom is -0.459 e. The Morgan fingerprint density at radius 2 is 1.37 bits per heavy atom. The maximum absolute atomic E-state index is 13.6. The highest BCUT2D eigenvalue weighted by molar-refractivity contribution is 14.1. The van der Waals surface area contributed by atoms with Crippen molar-refractivity contribution in [1.82, 2.24) is 19.5 Å². The zero-order valence-electron chi connectivity index (χ0n) is 27.2. The summed E-state index contributed by atoms with van der Waals surface area (Å²) in [5, 5.41) is 3.21. The highest BCUT2D eigenvalue weighted by Crippen LogP contribution is 2.37. The second-order valence-electron chi connectivity index (χ2n) is 11.7. The van der Waals surface area contributed by atoms with Gasteiger partial charge < -0.3 is 24.3 Å². The monoisotopic (exact) mass is 829 g/mol. The number of aromatic nitrogens is 4. The van der Waals surface area contributed by atoms with Crippen molar-refractivity contribution in [3.63, 3.8) is 0 Å². The Balaban J connectivity index is 1.26. The fourth-order valence-corrected chi connectivity index (χ4v) is 6.49. The molecule has 0 saturated carbocycles. The fourth-order valence-electron chi connectivity index (χ4n) is 5.71. The number of fused-ring (bicyclic) bond motifs is 1. The van der Waals surface area contributed by atoms with Crippen LogP contribution in [0.2, 0.25) is 5.28 Å². The fraction of sp³-hybridized carbons (Fsp3) is 0.158. The molecule has 1 aliphatic rings. The van der Waals surface area contributed by atoms with E-state index in [1.54, 1.807) is 91.0 Å². The molecule has 0 unspecified atom stereocenters. The van der Waals surface area contributed by atoms with Gasteiger partial charge in [-0.05, 0) is 88.3 Å². The Hall–Kier alpha value is -5.38. The van der Waals surface area contributed by atoms with E-state index < -0.39 is 42.4 Å². The minimum atomic E-state index is -1.27. The molecule has 0 bridgehead atoms. The number of hydrogen-bond acceptors (Lipinski definition) is 11. The van der Waals surface area contributed by atoms with E-state index in [1.165, 1.54) is 10.9 Å². The summed E-state index contributed by atoms with van der Waals surface area (Å²) < 4.78 is 26.9. The first-order valence-corrected chi connectivity index (χ1v) is 17.6. The Morgan fingerprint density at radius 3 is 1.98 bits per heavy atom. The smallest absolute Gasteiger partial charge is 0.338 e. The lowest BCUT2D eigenvalue weighted by Crippen LogP contribution is -2.41. The maximum Gasteiger partial charge on any atom is 0.338 e. The Bertz CT molecular complexity index is 2210. The molecule has 52 heavy (non-hydrogen) atoms. The van der Waals surface area contributed by atoms with Gasteiger partial charge in [-0.15, -0.1) is 0 Å². The van der Waals surface area contributed by atoms with Crippen molar-refractivity contribution in [2.75, 3.05) is 11.9 Å².